The highest BCUT2D eigenvalue weighted by Crippen LogP contribution is 2.27. The number of likely N-dealkylation sites (tertiary alicyclic amines) is 1. The number of hydrogen-bond donors (Lipinski definition) is 0. The van der Waals surface area contributed by atoms with Crippen LogP contribution in [-0.4, -0.2) is 24.0 Å². The van der Waals surface area contributed by atoms with Crippen molar-refractivity contribution in [1.82, 2.24) is 4.90 Å². The van der Waals surface area contributed by atoms with Crippen LogP contribution < -0.4 is 0 Å². The van der Waals surface area contributed by atoms with Gasteiger partial charge in [0.2, 0.25) is 0 Å². The summed E-state index contributed by atoms with van der Waals surface area (Å²) in [7, 11) is 0. The van der Waals surface area contributed by atoms with E-state index in [1.165, 1.54) is 35.9 Å². The molecule has 0 N–H and O–H groups in total. The highest BCUT2D eigenvalue weighted by Gasteiger charge is 2.20. The summed E-state index contributed by atoms with van der Waals surface area (Å²) in [5.74, 6) is 1.10. The van der Waals surface area contributed by atoms with Crippen LogP contribution in [0.25, 0.3) is 22.1 Å². The molecule has 1 aliphatic heterocycles. The summed E-state index contributed by atoms with van der Waals surface area (Å²) < 4.78 is 6.03. The fourth-order valence-corrected chi connectivity index (χ4v) is 3.61. The predicted molar refractivity (Wildman–Crippen MR) is 95.6 cm³/mol. The first kappa shape index (κ1) is 14.5. The molecule has 0 radical (unpaired) electrons. The minimum Gasteiger partial charge on any atom is -0.461 e. The largest absolute Gasteiger partial charge is 0.461 e. The van der Waals surface area contributed by atoms with Crippen molar-refractivity contribution in [2.24, 2.45) is 0 Å². The van der Waals surface area contributed by atoms with Crippen LogP contribution in [0.5, 0.6) is 0 Å². The molecule has 0 spiro atoms. The van der Waals surface area contributed by atoms with Gasteiger partial charge in [-0.25, -0.2) is 0 Å². The third-order valence-electron chi connectivity index (χ3n) is 5.01. The molecule has 1 aliphatic rings. The van der Waals surface area contributed by atoms with Crippen molar-refractivity contribution < 1.29 is 4.42 Å². The second kappa shape index (κ2) is 6.21. The number of fused-ring (bicyclic) bond motifs is 1. The molecule has 0 bridgehead atoms. The summed E-state index contributed by atoms with van der Waals surface area (Å²) in [6.07, 6.45) is 3.67. The summed E-state index contributed by atoms with van der Waals surface area (Å²) in [6.45, 7) is 4.67. The minimum atomic E-state index is 0.726. The molecule has 2 heteroatoms. The van der Waals surface area contributed by atoms with Crippen LogP contribution in [-0.2, 0) is 6.42 Å². The van der Waals surface area contributed by atoms with E-state index in [2.05, 4.69) is 66.4 Å². The zero-order valence-corrected chi connectivity index (χ0v) is 13.7. The van der Waals surface area contributed by atoms with Gasteiger partial charge in [-0.3, -0.25) is 0 Å². The Morgan fingerprint density at radius 2 is 1.91 bits per heavy atom. The molecule has 1 aromatic heterocycles. The number of rotatable bonds is 4. The molecule has 118 valence electrons. The Bertz CT molecular complexity index is 790. The first-order valence-electron chi connectivity index (χ1n) is 8.61. The third-order valence-corrected chi connectivity index (χ3v) is 5.01. The quantitative estimate of drug-likeness (QED) is 0.664. The van der Waals surface area contributed by atoms with Gasteiger partial charge in [0.15, 0.2) is 0 Å². The van der Waals surface area contributed by atoms with Crippen molar-refractivity contribution in [2.75, 3.05) is 13.1 Å². The summed E-state index contributed by atoms with van der Waals surface area (Å²) in [6, 6.07) is 19.9. The summed E-state index contributed by atoms with van der Waals surface area (Å²) >= 11 is 0. The molecule has 2 nitrogen and oxygen atoms in total. The first-order chi connectivity index (χ1) is 11.3. The zero-order chi connectivity index (χ0) is 15.6. The Morgan fingerprint density at radius 3 is 2.70 bits per heavy atom. The Morgan fingerprint density at radius 1 is 1.04 bits per heavy atom. The molecule has 1 atom stereocenters. The minimum absolute atomic E-state index is 0.726. The van der Waals surface area contributed by atoms with Gasteiger partial charge in [0.1, 0.15) is 11.3 Å². The smallest absolute Gasteiger partial charge is 0.134 e. The fourth-order valence-electron chi connectivity index (χ4n) is 3.61. The maximum Gasteiger partial charge on any atom is 0.134 e. The van der Waals surface area contributed by atoms with Crippen LogP contribution >= 0.6 is 0 Å². The average molecular weight is 305 g/mol. The summed E-state index contributed by atoms with van der Waals surface area (Å²) in [5, 5.41) is 1.20. The lowest BCUT2D eigenvalue weighted by Crippen LogP contribution is -2.28. The lowest BCUT2D eigenvalue weighted by Gasteiger charge is -2.19. The van der Waals surface area contributed by atoms with Crippen LogP contribution in [0.2, 0.25) is 0 Å². The van der Waals surface area contributed by atoms with Crippen LogP contribution in [0.4, 0.5) is 0 Å². The first-order valence-corrected chi connectivity index (χ1v) is 8.61. The van der Waals surface area contributed by atoms with Crippen molar-refractivity contribution in [2.45, 2.75) is 32.2 Å². The Kier molecular flexibility index (Phi) is 3.92. The van der Waals surface area contributed by atoms with Gasteiger partial charge >= 0.3 is 0 Å². The van der Waals surface area contributed by atoms with Gasteiger partial charge in [-0.2, -0.15) is 0 Å². The molecule has 4 rings (SSSR count). The zero-order valence-electron chi connectivity index (χ0n) is 13.7. The van der Waals surface area contributed by atoms with Gasteiger partial charge < -0.3 is 9.32 Å². The lowest BCUT2D eigenvalue weighted by atomic mass is 10.0. The normalized spacial score (nSPS) is 18.7. The van der Waals surface area contributed by atoms with Crippen LogP contribution in [0.3, 0.4) is 0 Å². The molecule has 0 aliphatic carbocycles. The van der Waals surface area contributed by atoms with Gasteiger partial charge in [-0.05, 0) is 55.6 Å². The molecular formula is C21H23NO. The topological polar surface area (TPSA) is 16.4 Å². The van der Waals surface area contributed by atoms with Crippen LogP contribution in [0.15, 0.2) is 59.0 Å². The summed E-state index contributed by atoms with van der Waals surface area (Å²) in [5.41, 5.74) is 3.50. The standard InChI is InChI=1S/C21H23NO/c1-16-6-5-12-22(16)13-11-20-15-19-14-18(9-10-21(19)23-20)17-7-3-2-4-8-17/h2-4,7-10,14-16H,5-6,11-13H2,1H3/t16-/m1/s1. The van der Waals surface area contributed by atoms with E-state index in [0.29, 0.717) is 0 Å². The Balaban J connectivity index is 1.54. The van der Waals surface area contributed by atoms with Crippen molar-refractivity contribution in [1.29, 1.82) is 0 Å². The molecule has 1 saturated heterocycles. The molecule has 0 amide bonds. The van der Waals surface area contributed by atoms with E-state index in [4.69, 9.17) is 4.42 Å². The monoisotopic (exact) mass is 305 g/mol. The van der Waals surface area contributed by atoms with Gasteiger partial charge in [0.25, 0.3) is 0 Å². The second-order valence-corrected chi connectivity index (χ2v) is 6.61. The molecule has 0 saturated carbocycles. The van der Waals surface area contributed by atoms with E-state index in [1.807, 2.05) is 0 Å². The van der Waals surface area contributed by atoms with E-state index in [1.54, 1.807) is 0 Å². The molecule has 23 heavy (non-hydrogen) atoms. The lowest BCUT2D eigenvalue weighted by molar-refractivity contribution is 0.266. The molecule has 1 fully saturated rings. The van der Waals surface area contributed by atoms with Crippen LogP contribution in [0, 0.1) is 0 Å². The number of nitrogens with zero attached hydrogens (tertiary/aromatic N) is 1. The van der Waals surface area contributed by atoms with E-state index >= 15 is 0 Å². The van der Waals surface area contributed by atoms with Crippen molar-refractivity contribution in [3.8, 4) is 11.1 Å². The second-order valence-electron chi connectivity index (χ2n) is 6.61. The molecule has 2 heterocycles. The number of furan rings is 1. The van der Waals surface area contributed by atoms with Crippen LogP contribution in [0.1, 0.15) is 25.5 Å². The van der Waals surface area contributed by atoms with E-state index in [9.17, 15) is 0 Å². The Hall–Kier alpha value is -2.06. The number of hydrogen-bond acceptors (Lipinski definition) is 2. The highest BCUT2D eigenvalue weighted by atomic mass is 16.3. The van der Waals surface area contributed by atoms with Gasteiger partial charge in [0.05, 0.1) is 0 Å². The van der Waals surface area contributed by atoms with E-state index < -0.39 is 0 Å². The predicted octanol–water partition coefficient (Wildman–Crippen LogP) is 5.13. The van der Waals surface area contributed by atoms with Gasteiger partial charge in [0, 0.05) is 24.4 Å². The number of benzene rings is 2. The third kappa shape index (κ3) is 3.04. The molecule has 0 unspecified atom stereocenters. The summed E-state index contributed by atoms with van der Waals surface area (Å²) in [4.78, 5) is 2.57. The molecular weight excluding hydrogens is 282 g/mol. The SMILES string of the molecule is C[C@@H]1CCCN1CCc1cc2cc(-c3ccccc3)ccc2o1. The van der Waals surface area contributed by atoms with Gasteiger partial charge in [-0.15, -0.1) is 0 Å². The fraction of sp³-hybridized carbons (Fsp3) is 0.333. The van der Waals surface area contributed by atoms with E-state index in [0.717, 1.165) is 30.4 Å². The van der Waals surface area contributed by atoms with Crippen molar-refractivity contribution >= 4 is 11.0 Å². The average Bonchev–Trinajstić information content (AvgIpc) is 3.18. The molecule has 3 aromatic rings. The van der Waals surface area contributed by atoms with Crippen molar-refractivity contribution in [3.05, 3.63) is 60.4 Å². The maximum absolute atomic E-state index is 6.03. The van der Waals surface area contributed by atoms with Crippen molar-refractivity contribution in [3.63, 3.8) is 0 Å². The van der Waals surface area contributed by atoms with E-state index in [-0.39, 0.29) is 0 Å². The van der Waals surface area contributed by atoms with Gasteiger partial charge in [-0.1, -0.05) is 36.4 Å². The molecule has 2 aromatic carbocycles. The maximum atomic E-state index is 6.03. The Labute approximate surface area is 137 Å². The highest BCUT2D eigenvalue weighted by molar-refractivity contribution is 5.84.